The van der Waals surface area contributed by atoms with Crippen LogP contribution in [0.2, 0.25) is 0 Å². The topological polar surface area (TPSA) is 144 Å². The second-order valence-electron chi connectivity index (χ2n) is 7.08. The van der Waals surface area contributed by atoms with E-state index in [-0.39, 0.29) is 19.3 Å². The maximum absolute atomic E-state index is 11.2. The zero-order valence-electron chi connectivity index (χ0n) is 16.2. The number of nitrogens with zero attached hydrogens (tertiary/aromatic N) is 2. The van der Waals surface area contributed by atoms with Crippen LogP contribution in [-0.4, -0.2) is 50.6 Å². The van der Waals surface area contributed by atoms with Crippen LogP contribution < -0.4 is 0 Å². The van der Waals surface area contributed by atoms with Crippen LogP contribution >= 0.6 is 0 Å². The van der Waals surface area contributed by atoms with Crippen molar-refractivity contribution in [1.82, 2.24) is 0 Å². The van der Waals surface area contributed by atoms with E-state index in [0.29, 0.717) is 19.3 Å². The van der Waals surface area contributed by atoms with Crippen molar-refractivity contribution in [3.05, 3.63) is 20.2 Å². The molecule has 0 aliphatic rings. The molecule has 4 atom stereocenters. The largest absolute Gasteiger partial charge is 0.386 e. The maximum Gasteiger partial charge on any atom is 0.238 e. The minimum absolute atomic E-state index is 0.160. The zero-order valence-corrected chi connectivity index (χ0v) is 16.2. The van der Waals surface area contributed by atoms with Gasteiger partial charge >= 0.3 is 0 Å². The molecule has 0 aromatic heterocycles. The number of aliphatic hydroxyl groups is 2. The van der Waals surface area contributed by atoms with Gasteiger partial charge in [0.2, 0.25) is 12.1 Å². The molecule has 158 valence electrons. The Bertz CT molecular complexity index is 434. The summed E-state index contributed by atoms with van der Waals surface area (Å²) in [7, 11) is 0. The van der Waals surface area contributed by atoms with Gasteiger partial charge in [0, 0.05) is 35.5 Å². The molecule has 0 amide bonds. The average molecular weight is 390 g/mol. The number of hydrogen-bond donors (Lipinski definition) is 2. The molecule has 4 unspecified atom stereocenters. The predicted molar refractivity (Wildman–Crippen MR) is 101 cm³/mol. The smallest absolute Gasteiger partial charge is 0.238 e. The molecular weight excluding hydrogens is 356 g/mol. The monoisotopic (exact) mass is 390 g/mol. The van der Waals surface area contributed by atoms with Crippen LogP contribution in [0.3, 0.4) is 0 Å². The van der Waals surface area contributed by atoms with E-state index in [9.17, 15) is 35.2 Å². The molecule has 0 bridgehead atoms. The van der Waals surface area contributed by atoms with Gasteiger partial charge < -0.3 is 15.0 Å². The summed E-state index contributed by atoms with van der Waals surface area (Å²) in [6.45, 7) is 1.96. The van der Waals surface area contributed by atoms with Gasteiger partial charge in [0.25, 0.3) is 0 Å². The third-order valence-corrected chi connectivity index (χ3v) is 4.84. The van der Waals surface area contributed by atoms with Gasteiger partial charge in [-0.1, -0.05) is 39.0 Å². The second-order valence-corrected chi connectivity index (χ2v) is 7.08. The van der Waals surface area contributed by atoms with Gasteiger partial charge in [-0.2, -0.15) is 0 Å². The Morgan fingerprint density at radius 1 is 0.815 bits per heavy atom. The molecule has 0 rings (SSSR count). The lowest BCUT2D eigenvalue weighted by atomic mass is 9.94. The first-order chi connectivity index (χ1) is 12.8. The molecule has 0 heterocycles. The highest BCUT2D eigenvalue weighted by atomic mass is 16.6. The van der Waals surface area contributed by atoms with Crippen LogP contribution in [0.5, 0.6) is 0 Å². The molecule has 0 saturated heterocycles. The lowest BCUT2D eigenvalue weighted by molar-refractivity contribution is -0.544. The molecule has 0 aromatic rings. The highest BCUT2D eigenvalue weighted by molar-refractivity contribution is 5.48. The van der Waals surface area contributed by atoms with E-state index < -0.39 is 34.1 Å². The number of hydrogen-bond acceptors (Lipinski definition) is 7. The summed E-state index contributed by atoms with van der Waals surface area (Å²) < 4.78 is 0. The maximum atomic E-state index is 11.2. The van der Waals surface area contributed by atoms with E-state index >= 15 is 0 Å². The van der Waals surface area contributed by atoms with Crippen LogP contribution in [0.4, 0.5) is 0 Å². The standard InChI is InChI=1S/C18H34N2O7/c1-2-3-8-11-15(19(24)25)17(22)14-18(23)16(20(26)27)12-9-6-4-5-7-10-13-21/h13,15-18,22-23H,2-12,14H2,1H3. The number of aliphatic hydroxyl groups excluding tert-OH is 2. The predicted octanol–water partition coefficient (Wildman–Crippen LogP) is 2.90. The van der Waals surface area contributed by atoms with Crippen molar-refractivity contribution in [1.29, 1.82) is 0 Å². The first-order valence-electron chi connectivity index (χ1n) is 9.91. The third-order valence-electron chi connectivity index (χ3n) is 4.84. The highest BCUT2D eigenvalue weighted by Crippen LogP contribution is 2.19. The molecule has 0 fully saturated rings. The fourth-order valence-corrected chi connectivity index (χ4v) is 3.15. The highest BCUT2D eigenvalue weighted by Gasteiger charge is 2.36. The van der Waals surface area contributed by atoms with Crippen molar-refractivity contribution in [2.24, 2.45) is 0 Å². The molecule has 0 aliphatic carbocycles. The van der Waals surface area contributed by atoms with Crippen molar-refractivity contribution in [2.45, 2.75) is 108 Å². The van der Waals surface area contributed by atoms with E-state index in [1.165, 1.54) is 0 Å². The number of carbonyl (C=O) groups is 1. The summed E-state index contributed by atoms with van der Waals surface area (Å²) in [5.41, 5.74) is 0. The lowest BCUT2D eigenvalue weighted by Gasteiger charge is -2.21. The van der Waals surface area contributed by atoms with Crippen molar-refractivity contribution in [3.8, 4) is 0 Å². The van der Waals surface area contributed by atoms with Crippen molar-refractivity contribution in [3.63, 3.8) is 0 Å². The van der Waals surface area contributed by atoms with Gasteiger partial charge in [-0.15, -0.1) is 0 Å². The summed E-state index contributed by atoms with van der Waals surface area (Å²) in [6.07, 6.45) is 4.69. The third kappa shape index (κ3) is 11.7. The van der Waals surface area contributed by atoms with E-state index in [0.717, 1.165) is 44.8 Å². The Kier molecular flexibility index (Phi) is 14.5. The molecule has 9 nitrogen and oxygen atoms in total. The van der Waals surface area contributed by atoms with Crippen molar-refractivity contribution in [2.75, 3.05) is 0 Å². The average Bonchev–Trinajstić information content (AvgIpc) is 2.60. The van der Waals surface area contributed by atoms with Gasteiger partial charge in [-0.05, 0) is 19.3 Å². The lowest BCUT2D eigenvalue weighted by Crippen LogP contribution is -2.41. The number of unbranched alkanes of at least 4 members (excludes halogenated alkanes) is 7. The number of nitro groups is 2. The molecule has 2 N–H and O–H groups in total. The summed E-state index contributed by atoms with van der Waals surface area (Å²) in [6, 6.07) is -2.45. The van der Waals surface area contributed by atoms with Crippen LogP contribution in [0, 0.1) is 20.2 Å². The second kappa shape index (κ2) is 15.4. The van der Waals surface area contributed by atoms with Crippen molar-refractivity contribution >= 4 is 6.29 Å². The van der Waals surface area contributed by atoms with Gasteiger partial charge in [0.1, 0.15) is 18.5 Å². The van der Waals surface area contributed by atoms with Gasteiger partial charge in [0.15, 0.2) is 0 Å². The summed E-state index contributed by atoms with van der Waals surface area (Å²) in [4.78, 5) is 31.5. The fourth-order valence-electron chi connectivity index (χ4n) is 3.15. The molecule has 0 radical (unpaired) electrons. The summed E-state index contributed by atoms with van der Waals surface area (Å²) >= 11 is 0. The molecule has 27 heavy (non-hydrogen) atoms. The number of rotatable bonds is 18. The van der Waals surface area contributed by atoms with Crippen molar-refractivity contribution < 1.29 is 24.9 Å². The van der Waals surface area contributed by atoms with Gasteiger partial charge in [-0.3, -0.25) is 20.2 Å². The fraction of sp³-hybridized carbons (Fsp3) is 0.944. The quantitative estimate of drug-likeness (QED) is 0.158. The van der Waals surface area contributed by atoms with Gasteiger partial charge in [0.05, 0.1) is 0 Å². The first kappa shape index (κ1) is 25.4. The Morgan fingerprint density at radius 3 is 1.70 bits per heavy atom. The van der Waals surface area contributed by atoms with E-state index in [1.54, 1.807) is 0 Å². The Hall–Kier alpha value is -1.61. The normalized spacial score (nSPS) is 15.7. The summed E-state index contributed by atoms with van der Waals surface area (Å²) in [5, 5.41) is 42.7. The van der Waals surface area contributed by atoms with E-state index in [2.05, 4.69) is 0 Å². The zero-order chi connectivity index (χ0) is 20.7. The van der Waals surface area contributed by atoms with E-state index in [4.69, 9.17) is 0 Å². The molecule has 0 aromatic carbocycles. The SMILES string of the molecule is CCCCCC(C(O)CC(O)C(CCCCCCCC=O)[N+](=O)[O-])[N+](=O)[O-]. The van der Waals surface area contributed by atoms with E-state index in [1.807, 2.05) is 6.92 Å². The van der Waals surface area contributed by atoms with Crippen LogP contribution in [0.1, 0.15) is 84.0 Å². The number of aldehydes is 1. The van der Waals surface area contributed by atoms with Gasteiger partial charge in [-0.25, -0.2) is 0 Å². The molecular formula is C18H34N2O7. The summed E-state index contributed by atoms with van der Waals surface area (Å²) in [5.74, 6) is 0. The Labute approximate surface area is 160 Å². The molecule has 0 saturated carbocycles. The van der Waals surface area contributed by atoms with Crippen LogP contribution in [-0.2, 0) is 4.79 Å². The molecule has 9 heteroatoms. The minimum Gasteiger partial charge on any atom is -0.386 e. The minimum atomic E-state index is -1.42. The molecule has 0 aliphatic heterocycles. The number of carbonyl (C=O) groups excluding carboxylic acids is 1. The molecule has 0 spiro atoms. The Morgan fingerprint density at radius 2 is 1.26 bits per heavy atom. The Balaban J connectivity index is 4.45. The van der Waals surface area contributed by atoms with Crippen LogP contribution in [0.15, 0.2) is 0 Å². The first-order valence-corrected chi connectivity index (χ1v) is 9.91. The van der Waals surface area contributed by atoms with Crippen LogP contribution in [0.25, 0.3) is 0 Å².